The number of para-hydroxylation sites is 1. The minimum Gasteiger partial charge on any atom is -0.491 e. The van der Waals surface area contributed by atoms with Crippen molar-refractivity contribution < 1.29 is 9.84 Å². The lowest BCUT2D eigenvalue weighted by molar-refractivity contribution is 0.106. The summed E-state index contributed by atoms with van der Waals surface area (Å²) in [5.41, 5.74) is 0. The molecule has 2 rings (SSSR count). The van der Waals surface area contributed by atoms with Crippen LogP contribution in [-0.4, -0.2) is 30.9 Å². The fraction of sp³-hybridized carbons (Fsp3) is 0.333. The van der Waals surface area contributed by atoms with Gasteiger partial charge in [-0.05, 0) is 30.0 Å². The molecule has 19 heavy (non-hydrogen) atoms. The topological polar surface area (TPSA) is 41.5 Å². The minimum atomic E-state index is -0.483. The van der Waals surface area contributed by atoms with Gasteiger partial charge in [0, 0.05) is 18.0 Å². The number of hydrogen-bond acceptors (Lipinski definition) is 4. The predicted molar refractivity (Wildman–Crippen MR) is 78.8 cm³/mol. The molecule has 0 saturated carbocycles. The quantitative estimate of drug-likeness (QED) is 0.728. The van der Waals surface area contributed by atoms with E-state index in [0.29, 0.717) is 13.2 Å². The van der Waals surface area contributed by atoms with E-state index in [0.717, 1.165) is 18.7 Å². The third kappa shape index (κ3) is 5.42. The molecule has 1 heterocycles. The van der Waals surface area contributed by atoms with Crippen molar-refractivity contribution >= 4 is 11.3 Å². The van der Waals surface area contributed by atoms with E-state index < -0.39 is 6.10 Å². The first kappa shape index (κ1) is 14.1. The summed E-state index contributed by atoms with van der Waals surface area (Å²) in [6.45, 7) is 1.75. The first-order chi connectivity index (χ1) is 9.34. The van der Waals surface area contributed by atoms with Gasteiger partial charge in [0.25, 0.3) is 0 Å². The van der Waals surface area contributed by atoms with Crippen molar-refractivity contribution in [2.75, 3.05) is 19.7 Å². The van der Waals surface area contributed by atoms with Gasteiger partial charge in [-0.15, -0.1) is 11.3 Å². The number of thiophene rings is 1. The number of benzene rings is 1. The SMILES string of the molecule is O[C@H](CNCCc1cccs1)COc1ccccc1. The van der Waals surface area contributed by atoms with Crippen LogP contribution in [0.4, 0.5) is 0 Å². The van der Waals surface area contributed by atoms with Gasteiger partial charge in [0.05, 0.1) is 0 Å². The number of ether oxygens (including phenoxy) is 1. The molecule has 1 aromatic heterocycles. The molecule has 0 saturated heterocycles. The Bertz CT molecular complexity index is 444. The van der Waals surface area contributed by atoms with Crippen LogP contribution in [0.3, 0.4) is 0 Å². The van der Waals surface area contributed by atoms with Gasteiger partial charge in [0.2, 0.25) is 0 Å². The molecule has 3 nitrogen and oxygen atoms in total. The normalized spacial score (nSPS) is 12.3. The van der Waals surface area contributed by atoms with E-state index in [1.54, 1.807) is 11.3 Å². The molecule has 4 heteroatoms. The van der Waals surface area contributed by atoms with Crippen LogP contribution in [0.15, 0.2) is 47.8 Å². The predicted octanol–water partition coefficient (Wildman–Crippen LogP) is 2.32. The molecule has 1 atom stereocenters. The summed E-state index contributed by atoms with van der Waals surface area (Å²) in [4.78, 5) is 1.36. The Morgan fingerprint density at radius 1 is 1.16 bits per heavy atom. The van der Waals surface area contributed by atoms with Crippen LogP contribution >= 0.6 is 11.3 Å². The number of nitrogens with one attached hydrogen (secondary N) is 1. The van der Waals surface area contributed by atoms with Gasteiger partial charge in [-0.25, -0.2) is 0 Å². The van der Waals surface area contributed by atoms with E-state index in [4.69, 9.17) is 4.74 Å². The Morgan fingerprint density at radius 3 is 2.74 bits per heavy atom. The van der Waals surface area contributed by atoms with Crippen molar-refractivity contribution in [3.8, 4) is 5.75 Å². The smallest absolute Gasteiger partial charge is 0.119 e. The lowest BCUT2D eigenvalue weighted by Gasteiger charge is -2.13. The zero-order valence-electron chi connectivity index (χ0n) is 10.8. The Morgan fingerprint density at radius 2 is 2.00 bits per heavy atom. The highest BCUT2D eigenvalue weighted by Crippen LogP contribution is 2.09. The average Bonchev–Trinajstić information content (AvgIpc) is 2.96. The molecule has 0 aliphatic heterocycles. The van der Waals surface area contributed by atoms with Crippen LogP contribution in [0, 0.1) is 0 Å². The Balaban J connectivity index is 1.56. The van der Waals surface area contributed by atoms with Crippen LogP contribution < -0.4 is 10.1 Å². The van der Waals surface area contributed by atoms with E-state index in [2.05, 4.69) is 22.8 Å². The minimum absolute atomic E-state index is 0.315. The van der Waals surface area contributed by atoms with Gasteiger partial charge < -0.3 is 15.2 Å². The fourth-order valence-corrected chi connectivity index (χ4v) is 2.41. The van der Waals surface area contributed by atoms with E-state index in [1.165, 1.54) is 4.88 Å². The number of rotatable bonds is 8. The highest BCUT2D eigenvalue weighted by atomic mass is 32.1. The van der Waals surface area contributed by atoms with Gasteiger partial charge in [-0.1, -0.05) is 24.3 Å². The molecule has 0 bridgehead atoms. The second-order valence-electron chi connectivity index (χ2n) is 4.31. The lowest BCUT2D eigenvalue weighted by Crippen LogP contribution is -2.32. The first-order valence-electron chi connectivity index (χ1n) is 6.43. The lowest BCUT2D eigenvalue weighted by atomic mass is 10.3. The van der Waals surface area contributed by atoms with Crippen molar-refractivity contribution in [1.29, 1.82) is 0 Å². The molecule has 0 unspecified atom stereocenters. The first-order valence-corrected chi connectivity index (χ1v) is 7.31. The molecule has 1 aromatic carbocycles. The molecule has 2 N–H and O–H groups in total. The van der Waals surface area contributed by atoms with Crippen LogP contribution in [0.5, 0.6) is 5.75 Å². The standard InChI is InChI=1S/C15H19NO2S/c17-13(12-18-14-5-2-1-3-6-14)11-16-9-8-15-7-4-10-19-15/h1-7,10,13,16-17H,8-9,11-12H2/t13-/m1/s1. The maximum atomic E-state index is 9.78. The number of hydrogen-bond donors (Lipinski definition) is 2. The van der Waals surface area contributed by atoms with Crippen LogP contribution in [-0.2, 0) is 6.42 Å². The molecule has 2 aromatic rings. The van der Waals surface area contributed by atoms with Crippen molar-refractivity contribution in [3.05, 3.63) is 52.7 Å². The van der Waals surface area contributed by atoms with Crippen LogP contribution in [0.25, 0.3) is 0 Å². The van der Waals surface area contributed by atoms with Gasteiger partial charge in [-0.3, -0.25) is 0 Å². The second kappa shape index (κ2) is 7.94. The number of aliphatic hydroxyl groups excluding tert-OH is 1. The molecule has 0 fully saturated rings. The van der Waals surface area contributed by atoms with Gasteiger partial charge >= 0.3 is 0 Å². The third-order valence-corrected chi connectivity index (χ3v) is 3.63. The highest BCUT2D eigenvalue weighted by Gasteiger charge is 2.04. The molecule has 0 aliphatic carbocycles. The largest absolute Gasteiger partial charge is 0.491 e. The highest BCUT2D eigenvalue weighted by molar-refractivity contribution is 7.09. The zero-order valence-corrected chi connectivity index (χ0v) is 11.6. The summed E-state index contributed by atoms with van der Waals surface area (Å²) in [6, 6.07) is 13.7. The van der Waals surface area contributed by atoms with Crippen LogP contribution in [0.1, 0.15) is 4.88 Å². The average molecular weight is 277 g/mol. The van der Waals surface area contributed by atoms with E-state index >= 15 is 0 Å². The molecular weight excluding hydrogens is 258 g/mol. The third-order valence-electron chi connectivity index (χ3n) is 2.69. The monoisotopic (exact) mass is 277 g/mol. The maximum Gasteiger partial charge on any atom is 0.119 e. The summed E-state index contributed by atoms with van der Waals surface area (Å²) >= 11 is 1.76. The van der Waals surface area contributed by atoms with Crippen LogP contribution in [0.2, 0.25) is 0 Å². The van der Waals surface area contributed by atoms with Crippen molar-refractivity contribution in [2.24, 2.45) is 0 Å². The maximum absolute atomic E-state index is 9.78. The summed E-state index contributed by atoms with van der Waals surface area (Å²) in [6.07, 6.45) is 0.521. The van der Waals surface area contributed by atoms with E-state index in [-0.39, 0.29) is 0 Å². The summed E-state index contributed by atoms with van der Waals surface area (Å²) in [5.74, 6) is 0.792. The summed E-state index contributed by atoms with van der Waals surface area (Å²) in [5, 5.41) is 15.1. The van der Waals surface area contributed by atoms with Gasteiger partial charge in [0.15, 0.2) is 0 Å². The second-order valence-corrected chi connectivity index (χ2v) is 5.34. The summed E-state index contributed by atoms with van der Waals surface area (Å²) < 4.78 is 5.48. The summed E-state index contributed by atoms with van der Waals surface area (Å²) in [7, 11) is 0. The van der Waals surface area contributed by atoms with E-state index in [1.807, 2.05) is 30.3 Å². The van der Waals surface area contributed by atoms with Crippen molar-refractivity contribution in [3.63, 3.8) is 0 Å². The fourth-order valence-electron chi connectivity index (χ4n) is 1.70. The zero-order chi connectivity index (χ0) is 13.3. The van der Waals surface area contributed by atoms with E-state index in [9.17, 15) is 5.11 Å². The molecule has 0 radical (unpaired) electrons. The Hall–Kier alpha value is -1.36. The van der Waals surface area contributed by atoms with Gasteiger partial charge in [-0.2, -0.15) is 0 Å². The Labute approximate surface area is 117 Å². The van der Waals surface area contributed by atoms with Gasteiger partial charge in [0.1, 0.15) is 18.5 Å². The molecular formula is C15H19NO2S. The molecule has 0 aliphatic rings. The Kier molecular flexibility index (Phi) is 5.88. The van der Waals surface area contributed by atoms with Crippen molar-refractivity contribution in [2.45, 2.75) is 12.5 Å². The molecule has 0 spiro atoms. The van der Waals surface area contributed by atoms with Crippen molar-refractivity contribution in [1.82, 2.24) is 5.32 Å². The number of aliphatic hydroxyl groups is 1. The molecule has 102 valence electrons. The molecule has 0 amide bonds.